The summed E-state index contributed by atoms with van der Waals surface area (Å²) in [7, 11) is 0. The summed E-state index contributed by atoms with van der Waals surface area (Å²) in [6.45, 7) is 46.2. The van der Waals surface area contributed by atoms with Crippen LogP contribution in [0.3, 0.4) is 0 Å². The predicted octanol–water partition coefficient (Wildman–Crippen LogP) is 9.14. The number of nitrogens with one attached hydrogen (secondary N) is 2. The number of fused-ring (bicyclic) bond motifs is 1. The summed E-state index contributed by atoms with van der Waals surface area (Å²) in [6, 6.07) is 21.3. The molecule has 8 heteroatoms. The van der Waals surface area contributed by atoms with Crippen molar-refractivity contribution in [3.05, 3.63) is 60.7 Å². The van der Waals surface area contributed by atoms with Crippen molar-refractivity contribution >= 4 is 11.4 Å². The zero-order valence-corrected chi connectivity index (χ0v) is 37.7. The lowest BCUT2D eigenvalue weighted by Gasteiger charge is -2.59. The van der Waals surface area contributed by atoms with Crippen LogP contribution in [0.2, 0.25) is 0 Å². The molecule has 2 aromatic carbocycles. The Morgan fingerprint density at radius 1 is 0.547 bits per heavy atom. The van der Waals surface area contributed by atoms with Gasteiger partial charge in [0.2, 0.25) is 0 Å². The summed E-state index contributed by atoms with van der Waals surface area (Å²) in [5.41, 5.74) is 9.03. The van der Waals surface area contributed by atoms with Crippen molar-refractivity contribution < 1.29 is 0 Å². The van der Waals surface area contributed by atoms with Crippen LogP contribution in [0.15, 0.2) is 60.7 Å². The lowest BCUT2D eigenvalue weighted by molar-refractivity contribution is -0.176. The molecule has 0 unspecified atom stereocenters. The molecule has 2 heterocycles. The van der Waals surface area contributed by atoms with Crippen LogP contribution in [0, 0.1) is 0 Å². The van der Waals surface area contributed by atoms with Crippen LogP contribution in [-0.2, 0) is 0 Å². The van der Waals surface area contributed by atoms with E-state index in [-0.39, 0.29) is 39.5 Å². The fourth-order valence-corrected chi connectivity index (χ4v) is 7.08. The van der Waals surface area contributed by atoms with Crippen molar-refractivity contribution in [1.82, 2.24) is 25.3 Å². The molecule has 2 saturated heterocycles. The average Bonchev–Trinajstić information content (AvgIpc) is 2.98. The molecule has 2 aliphatic heterocycles. The molecule has 8 nitrogen and oxygen atoms in total. The summed E-state index contributed by atoms with van der Waals surface area (Å²) in [5.74, 6) is 0. The molecule has 0 radical (unpaired) electrons. The SMILES string of the molecule is CC(C)(C)N(CN(c1ccccc1)C(C)(C)C)c1ccccc1.CC(C)(C)N1CCCN2CCCN(C(C)(C)C)C21.CC(C)(C)NC(N)NC(C)(C)C. The van der Waals surface area contributed by atoms with E-state index in [4.69, 9.17) is 5.73 Å². The number of nitrogens with two attached hydrogens (primary N) is 1. The van der Waals surface area contributed by atoms with Gasteiger partial charge in [-0.3, -0.25) is 25.3 Å². The third kappa shape index (κ3) is 16.2. The van der Waals surface area contributed by atoms with Gasteiger partial charge in [0.15, 0.2) is 0 Å². The van der Waals surface area contributed by atoms with E-state index < -0.39 is 0 Å². The molecule has 2 aliphatic rings. The normalized spacial score (nSPS) is 17.4. The number of hydrogen-bond acceptors (Lipinski definition) is 8. The Labute approximate surface area is 328 Å². The Kier molecular flexibility index (Phi) is 16.5. The largest absolute Gasteiger partial charge is 0.349 e. The molecule has 0 spiro atoms. The van der Waals surface area contributed by atoms with Gasteiger partial charge >= 0.3 is 0 Å². The lowest BCUT2D eigenvalue weighted by atomic mass is 9.98. The molecule has 0 aromatic heterocycles. The summed E-state index contributed by atoms with van der Waals surface area (Å²) in [5, 5.41) is 6.48. The number of rotatable bonds is 6. The fraction of sp³-hybridized carbons (Fsp3) is 0.733. The molecular formula is C45H84N8. The van der Waals surface area contributed by atoms with Crippen LogP contribution in [-0.4, -0.2) is 93.4 Å². The summed E-state index contributed by atoms with van der Waals surface area (Å²) in [6.07, 6.45) is 2.98. The second-order valence-electron chi connectivity index (χ2n) is 21.1. The maximum Gasteiger partial charge on any atom is 0.120 e. The Morgan fingerprint density at radius 2 is 0.868 bits per heavy atom. The third-order valence-electron chi connectivity index (χ3n) is 9.51. The maximum atomic E-state index is 5.82. The molecule has 0 amide bonds. The number of benzene rings is 2. The highest BCUT2D eigenvalue weighted by atomic mass is 15.6. The van der Waals surface area contributed by atoms with Crippen molar-refractivity contribution in [2.75, 3.05) is 42.6 Å². The predicted molar refractivity (Wildman–Crippen MR) is 233 cm³/mol. The van der Waals surface area contributed by atoms with Crippen molar-refractivity contribution in [3.8, 4) is 0 Å². The second-order valence-corrected chi connectivity index (χ2v) is 21.1. The van der Waals surface area contributed by atoms with Gasteiger partial charge in [0.1, 0.15) is 12.6 Å². The first-order valence-corrected chi connectivity index (χ1v) is 20.2. The Bertz CT molecular complexity index is 1200. The topological polar surface area (TPSA) is 66.3 Å². The van der Waals surface area contributed by atoms with Crippen LogP contribution >= 0.6 is 0 Å². The van der Waals surface area contributed by atoms with Gasteiger partial charge in [-0.1, -0.05) is 36.4 Å². The van der Waals surface area contributed by atoms with Gasteiger partial charge in [0.05, 0.1) is 6.67 Å². The van der Waals surface area contributed by atoms with Crippen molar-refractivity contribution in [2.45, 2.75) is 183 Å². The minimum atomic E-state index is -0.148. The molecule has 4 rings (SSSR count). The molecule has 0 bridgehead atoms. The quantitative estimate of drug-likeness (QED) is 0.254. The van der Waals surface area contributed by atoms with Crippen LogP contribution in [0.4, 0.5) is 11.4 Å². The molecule has 53 heavy (non-hydrogen) atoms. The van der Waals surface area contributed by atoms with Crippen LogP contribution < -0.4 is 26.2 Å². The summed E-state index contributed by atoms with van der Waals surface area (Å²) < 4.78 is 0. The van der Waals surface area contributed by atoms with Crippen molar-refractivity contribution in [1.29, 1.82) is 0 Å². The minimum absolute atomic E-state index is 0.0413. The lowest BCUT2D eigenvalue weighted by Crippen LogP contribution is -2.71. The molecule has 304 valence electrons. The number of para-hydroxylation sites is 2. The smallest absolute Gasteiger partial charge is 0.120 e. The number of anilines is 2. The van der Waals surface area contributed by atoms with E-state index >= 15 is 0 Å². The van der Waals surface area contributed by atoms with Crippen LogP contribution in [0.1, 0.15) is 137 Å². The van der Waals surface area contributed by atoms with Gasteiger partial charge in [-0.25, -0.2) is 0 Å². The highest BCUT2D eigenvalue weighted by molar-refractivity contribution is 5.54. The first kappa shape index (κ1) is 47.0. The van der Waals surface area contributed by atoms with E-state index in [0.717, 1.165) is 6.67 Å². The number of hydrogen-bond donors (Lipinski definition) is 3. The number of nitrogens with zero attached hydrogens (tertiary/aromatic N) is 5. The van der Waals surface area contributed by atoms with E-state index in [2.05, 4.69) is 220 Å². The van der Waals surface area contributed by atoms with Crippen molar-refractivity contribution in [2.24, 2.45) is 5.73 Å². The molecule has 0 atom stereocenters. The van der Waals surface area contributed by atoms with Gasteiger partial charge in [-0.15, -0.1) is 0 Å². The molecule has 2 fully saturated rings. The Morgan fingerprint density at radius 3 is 1.13 bits per heavy atom. The van der Waals surface area contributed by atoms with E-state index in [9.17, 15) is 0 Å². The standard InChI is InChI=1S/C21H30N2.C15H31N3.C9H23N3/c1-20(2,3)22(18-13-9-7-10-14-18)17-23(21(4,5)6)19-15-11-8-12-16-19;1-14(2,3)17-11-7-9-16-10-8-12-18(13(16)17)15(4,5)6;1-8(2,3)11-7(10)12-9(4,5)6/h7-16H,17H2,1-6H3;13H,7-12H2,1-6H3;7,11-12H,10H2,1-6H3. The third-order valence-corrected chi connectivity index (χ3v) is 9.51. The minimum Gasteiger partial charge on any atom is -0.349 e. The van der Waals surface area contributed by atoms with Crippen molar-refractivity contribution in [3.63, 3.8) is 0 Å². The van der Waals surface area contributed by atoms with Gasteiger partial charge in [0, 0.05) is 70.8 Å². The van der Waals surface area contributed by atoms with Gasteiger partial charge in [-0.2, -0.15) is 0 Å². The van der Waals surface area contributed by atoms with Gasteiger partial charge < -0.3 is 15.5 Å². The highest BCUT2D eigenvalue weighted by Crippen LogP contribution is 2.33. The van der Waals surface area contributed by atoms with E-state index in [1.54, 1.807) is 0 Å². The van der Waals surface area contributed by atoms with E-state index in [1.165, 1.54) is 50.4 Å². The van der Waals surface area contributed by atoms with Crippen LogP contribution in [0.25, 0.3) is 0 Å². The maximum absolute atomic E-state index is 5.82. The van der Waals surface area contributed by atoms with Crippen LogP contribution in [0.5, 0.6) is 0 Å². The zero-order valence-electron chi connectivity index (χ0n) is 37.7. The summed E-state index contributed by atoms with van der Waals surface area (Å²) in [4.78, 5) is 13.0. The van der Waals surface area contributed by atoms with E-state index in [1.807, 2.05) is 0 Å². The Balaban J connectivity index is 0.000000290. The molecular weight excluding hydrogens is 653 g/mol. The molecule has 0 aliphatic carbocycles. The second kappa shape index (κ2) is 18.6. The monoisotopic (exact) mass is 737 g/mol. The van der Waals surface area contributed by atoms with E-state index in [0.29, 0.717) is 6.29 Å². The van der Waals surface area contributed by atoms with Gasteiger partial charge in [-0.05, 0) is 162 Å². The average molecular weight is 737 g/mol. The van der Waals surface area contributed by atoms with Gasteiger partial charge in [0.25, 0.3) is 0 Å². The summed E-state index contributed by atoms with van der Waals surface area (Å²) >= 11 is 0. The first-order valence-electron chi connectivity index (χ1n) is 20.2. The first-order chi connectivity index (χ1) is 24.0. The molecule has 0 saturated carbocycles. The zero-order chi connectivity index (χ0) is 40.6. The highest BCUT2D eigenvalue weighted by Gasteiger charge is 2.44. The fourth-order valence-electron chi connectivity index (χ4n) is 7.08. The molecule has 2 aromatic rings. The molecule has 4 N–H and O–H groups in total. The Hall–Kier alpha value is -2.20.